The zero-order chi connectivity index (χ0) is 23.6. The van der Waals surface area contributed by atoms with Crippen LogP contribution in [-0.2, 0) is 4.84 Å². The molecule has 1 saturated carbocycles. The van der Waals surface area contributed by atoms with Gasteiger partial charge in [-0.3, -0.25) is 4.84 Å². The highest BCUT2D eigenvalue weighted by atomic mass is 16.7. The second-order valence-corrected chi connectivity index (χ2v) is 12.1. The lowest BCUT2D eigenvalue weighted by Gasteiger charge is -2.49. The van der Waals surface area contributed by atoms with Gasteiger partial charge in [0.1, 0.15) is 7.85 Å². The van der Waals surface area contributed by atoms with Crippen LogP contribution in [-0.4, -0.2) is 19.2 Å². The third-order valence-corrected chi connectivity index (χ3v) is 9.08. The van der Waals surface area contributed by atoms with Crippen LogP contribution in [0.25, 0.3) is 0 Å². The molecule has 1 rings (SSSR count). The lowest BCUT2D eigenvalue weighted by Crippen LogP contribution is -2.40. The van der Waals surface area contributed by atoms with E-state index in [1.165, 1.54) is 57.8 Å². The van der Waals surface area contributed by atoms with E-state index >= 15 is 0 Å². The van der Waals surface area contributed by atoms with Crippen LogP contribution in [0.4, 0.5) is 0 Å². The summed E-state index contributed by atoms with van der Waals surface area (Å²) in [5.74, 6) is 10.7. The van der Waals surface area contributed by atoms with Gasteiger partial charge in [-0.2, -0.15) is 0 Å². The minimum absolute atomic E-state index is 0.452. The average molecular weight is 438 g/mol. The molecule has 1 aliphatic rings. The first-order valence-electron chi connectivity index (χ1n) is 13.6. The van der Waals surface area contributed by atoms with Crippen molar-refractivity contribution in [3.63, 3.8) is 0 Å². The van der Waals surface area contributed by atoms with E-state index in [1.54, 1.807) is 0 Å². The topological polar surface area (TPSA) is 55.5 Å². The molecule has 0 aromatic heterocycles. The Morgan fingerprint density at radius 1 is 1.00 bits per heavy atom. The molecule has 0 amide bonds. The summed E-state index contributed by atoms with van der Waals surface area (Å²) < 4.78 is 0. The van der Waals surface area contributed by atoms with E-state index in [2.05, 4.69) is 61.2 Å². The molecule has 0 aromatic rings. The van der Waals surface area contributed by atoms with Crippen molar-refractivity contribution in [3.05, 3.63) is 0 Å². The fourth-order valence-corrected chi connectivity index (χ4v) is 6.25. The fourth-order valence-electron chi connectivity index (χ4n) is 6.25. The van der Waals surface area contributed by atoms with Crippen molar-refractivity contribution in [1.29, 1.82) is 0 Å². The van der Waals surface area contributed by atoms with Gasteiger partial charge in [0.15, 0.2) is 6.29 Å². The van der Waals surface area contributed by atoms with Crippen molar-refractivity contribution < 1.29 is 9.94 Å². The molecule has 6 unspecified atom stereocenters. The lowest BCUT2D eigenvalue weighted by molar-refractivity contribution is -0.109. The third-order valence-electron chi connectivity index (χ3n) is 9.08. The smallest absolute Gasteiger partial charge is 0.174 e. The zero-order valence-corrected chi connectivity index (χ0v) is 22.3. The van der Waals surface area contributed by atoms with Gasteiger partial charge in [-0.05, 0) is 60.2 Å². The summed E-state index contributed by atoms with van der Waals surface area (Å²) in [6.45, 7) is 17.0. The molecule has 3 nitrogen and oxygen atoms in total. The van der Waals surface area contributed by atoms with E-state index in [4.69, 9.17) is 5.90 Å². The van der Waals surface area contributed by atoms with E-state index in [0.29, 0.717) is 23.7 Å². The maximum Gasteiger partial charge on any atom is 0.174 e. The predicted octanol–water partition coefficient (Wildman–Crippen LogP) is 6.74. The molecule has 0 aliphatic heterocycles. The van der Waals surface area contributed by atoms with Crippen molar-refractivity contribution in [2.45, 2.75) is 131 Å². The van der Waals surface area contributed by atoms with E-state index < -0.39 is 6.29 Å². The number of rotatable bonds is 15. The van der Waals surface area contributed by atoms with Gasteiger partial charge < -0.3 is 5.11 Å². The number of hydrogen-bond acceptors (Lipinski definition) is 3. The van der Waals surface area contributed by atoms with Crippen LogP contribution >= 0.6 is 0 Å². The summed E-state index contributed by atoms with van der Waals surface area (Å²) in [6, 6.07) is 0. The molecule has 1 aliphatic carbocycles. The Morgan fingerprint density at radius 3 is 2.23 bits per heavy atom. The number of nitrogens with two attached hydrogens (primary N) is 1. The van der Waals surface area contributed by atoms with E-state index in [-0.39, 0.29) is 0 Å². The van der Waals surface area contributed by atoms with Crippen LogP contribution in [0.15, 0.2) is 0 Å². The van der Waals surface area contributed by atoms with E-state index in [0.717, 1.165) is 35.9 Å². The molecule has 0 aromatic carbocycles. The number of aliphatic hydroxyl groups is 1. The Balaban J connectivity index is 2.77. The molecule has 4 heteroatoms. The Bertz CT molecular complexity index is 472. The van der Waals surface area contributed by atoms with E-state index in [9.17, 15) is 5.11 Å². The van der Waals surface area contributed by atoms with Gasteiger partial charge in [0, 0.05) is 6.42 Å². The SMILES string of the molecule is B[C@@H]1CC(CCC(C)C(C)CCC(O)ON)C(CCC)C(C(C)(C)CC[C@@H](C)CC)C1. The Kier molecular flexibility index (Phi) is 13.3. The van der Waals surface area contributed by atoms with Gasteiger partial charge in [0.05, 0.1) is 0 Å². The minimum Gasteiger partial charge on any atom is -0.366 e. The highest BCUT2D eigenvalue weighted by molar-refractivity contribution is 6.11. The van der Waals surface area contributed by atoms with Crippen LogP contribution in [0.5, 0.6) is 0 Å². The zero-order valence-electron chi connectivity index (χ0n) is 22.3. The first-order chi connectivity index (χ1) is 14.5. The molecule has 0 saturated heterocycles. The lowest BCUT2D eigenvalue weighted by atomic mass is 9.53. The first kappa shape index (κ1) is 29.0. The fraction of sp³-hybridized carbons (Fsp3) is 1.00. The molecule has 31 heavy (non-hydrogen) atoms. The predicted molar refractivity (Wildman–Crippen MR) is 137 cm³/mol. The standard InChI is InChI=1S/C27H56BNO2/c1-8-10-24-22(13-11-20(4)21(5)12-14-26(30)31-29)17-23(28)18-25(24)27(6,7)16-15-19(3)9-2/h19-26,30H,8-18,28-29H2,1-7H3/t19-,20?,21?,22?,23+,24?,25?,26?/m0/s1. The second kappa shape index (κ2) is 14.3. The molecule has 3 N–H and O–H groups in total. The van der Waals surface area contributed by atoms with Gasteiger partial charge >= 0.3 is 0 Å². The van der Waals surface area contributed by atoms with Crippen LogP contribution in [0.2, 0.25) is 5.82 Å². The second-order valence-electron chi connectivity index (χ2n) is 12.1. The molecule has 1 fully saturated rings. The van der Waals surface area contributed by atoms with Crippen molar-refractivity contribution in [3.8, 4) is 0 Å². The van der Waals surface area contributed by atoms with Crippen LogP contribution in [0.1, 0.15) is 119 Å². The van der Waals surface area contributed by atoms with Gasteiger partial charge in [-0.25, -0.2) is 5.90 Å². The normalized spacial score (nSPS) is 28.8. The maximum atomic E-state index is 9.60. The van der Waals surface area contributed by atoms with Crippen molar-refractivity contribution in [2.24, 2.45) is 46.8 Å². The molecule has 0 heterocycles. The van der Waals surface area contributed by atoms with E-state index in [1.807, 2.05) is 0 Å². The molecule has 184 valence electrons. The monoisotopic (exact) mass is 437 g/mol. The summed E-state index contributed by atoms with van der Waals surface area (Å²) in [7, 11) is 2.51. The molecule has 8 atom stereocenters. The largest absolute Gasteiger partial charge is 0.366 e. The van der Waals surface area contributed by atoms with Crippen LogP contribution in [0.3, 0.4) is 0 Å². The Morgan fingerprint density at radius 2 is 1.65 bits per heavy atom. The van der Waals surface area contributed by atoms with Crippen molar-refractivity contribution in [1.82, 2.24) is 0 Å². The summed E-state index contributed by atoms with van der Waals surface area (Å²) in [6.07, 6.45) is 13.1. The highest BCUT2D eigenvalue weighted by Crippen LogP contribution is 2.53. The summed E-state index contributed by atoms with van der Waals surface area (Å²) in [4.78, 5) is 4.53. The minimum atomic E-state index is -0.818. The average Bonchev–Trinajstić information content (AvgIpc) is 2.74. The molecule has 0 bridgehead atoms. The molecular formula is C27H56BNO2. The number of hydrogen-bond donors (Lipinski definition) is 2. The summed E-state index contributed by atoms with van der Waals surface area (Å²) in [5, 5.41) is 9.60. The molecule has 0 radical (unpaired) electrons. The van der Waals surface area contributed by atoms with Crippen molar-refractivity contribution in [2.75, 3.05) is 0 Å². The maximum absolute atomic E-state index is 9.60. The first-order valence-corrected chi connectivity index (χ1v) is 13.6. The Labute approximate surface area is 196 Å². The van der Waals surface area contributed by atoms with Crippen LogP contribution < -0.4 is 5.90 Å². The quantitative estimate of drug-likeness (QED) is 0.169. The summed E-state index contributed by atoms with van der Waals surface area (Å²) in [5.41, 5.74) is 0.452. The molecule has 0 spiro atoms. The van der Waals surface area contributed by atoms with Gasteiger partial charge in [0.2, 0.25) is 0 Å². The van der Waals surface area contributed by atoms with Gasteiger partial charge in [-0.15, -0.1) is 0 Å². The third kappa shape index (κ3) is 9.76. The highest BCUT2D eigenvalue weighted by Gasteiger charge is 2.42. The van der Waals surface area contributed by atoms with Crippen molar-refractivity contribution >= 4 is 7.85 Å². The Hall–Kier alpha value is -0.0551. The number of aliphatic hydroxyl groups excluding tert-OH is 1. The van der Waals surface area contributed by atoms with Gasteiger partial charge in [0.25, 0.3) is 0 Å². The van der Waals surface area contributed by atoms with Crippen LogP contribution in [0, 0.1) is 40.9 Å². The van der Waals surface area contributed by atoms with Gasteiger partial charge in [-0.1, -0.05) is 99.2 Å². The summed E-state index contributed by atoms with van der Waals surface area (Å²) >= 11 is 0. The molecular weight excluding hydrogens is 381 g/mol.